The molecule has 2 heteroatoms. The van der Waals surface area contributed by atoms with E-state index in [-0.39, 0.29) is 0 Å². The van der Waals surface area contributed by atoms with Crippen LogP contribution in [0.2, 0.25) is 0 Å². The number of nitrogens with one attached hydrogen (secondary N) is 1. The van der Waals surface area contributed by atoms with Gasteiger partial charge in [-0.15, -0.1) is 6.42 Å². The highest BCUT2D eigenvalue weighted by atomic mass is 15.1. The number of hydrogen-bond donors (Lipinski definition) is 1. The summed E-state index contributed by atoms with van der Waals surface area (Å²) >= 11 is 0. The smallest absolute Gasteiger partial charge is 0.0598 e. The molecule has 0 spiro atoms. The number of likely N-dealkylation sites (tertiary alicyclic amines) is 1. The van der Waals surface area contributed by atoms with E-state index in [0.29, 0.717) is 6.04 Å². The van der Waals surface area contributed by atoms with Crippen LogP contribution in [0.3, 0.4) is 0 Å². The van der Waals surface area contributed by atoms with Crippen LogP contribution < -0.4 is 5.32 Å². The largest absolute Gasteiger partial charge is 0.382 e. The minimum Gasteiger partial charge on any atom is -0.382 e. The van der Waals surface area contributed by atoms with Crippen LogP contribution in [0.15, 0.2) is 42.5 Å². The van der Waals surface area contributed by atoms with Gasteiger partial charge in [0.05, 0.1) is 6.54 Å². The van der Waals surface area contributed by atoms with E-state index >= 15 is 0 Å². The third-order valence-electron chi connectivity index (χ3n) is 4.05. The summed E-state index contributed by atoms with van der Waals surface area (Å²) < 4.78 is 0. The summed E-state index contributed by atoms with van der Waals surface area (Å²) in [4.78, 5) is 2.35. The highest BCUT2D eigenvalue weighted by Crippen LogP contribution is 2.25. The first-order valence-electron chi connectivity index (χ1n) is 7.27. The van der Waals surface area contributed by atoms with E-state index in [1.54, 1.807) is 0 Å². The van der Waals surface area contributed by atoms with Crippen molar-refractivity contribution in [2.75, 3.05) is 25.0 Å². The molecule has 0 amide bonds. The van der Waals surface area contributed by atoms with Gasteiger partial charge in [-0.3, -0.25) is 4.90 Å². The SMILES string of the molecule is C#CCN1CCC(Nc2cccc3ccccc23)CC1. The molecular weight excluding hydrogens is 244 g/mol. The van der Waals surface area contributed by atoms with Crippen molar-refractivity contribution in [2.24, 2.45) is 0 Å². The van der Waals surface area contributed by atoms with E-state index < -0.39 is 0 Å². The molecule has 1 saturated heterocycles. The summed E-state index contributed by atoms with van der Waals surface area (Å²) in [6.45, 7) is 2.96. The van der Waals surface area contributed by atoms with Gasteiger partial charge in [-0.05, 0) is 24.3 Å². The van der Waals surface area contributed by atoms with Gasteiger partial charge in [0.15, 0.2) is 0 Å². The molecular formula is C18H20N2. The Morgan fingerprint density at radius 1 is 1.10 bits per heavy atom. The van der Waals surface area contributed by atoms with Crippen molar-refractivity contribution < 1.29 is 0 Å². The van der Waals surface area contributed by atoms with Crippen LogP contribution in [-0.2, 0) is 0 Å². The maximum absolute atomic E-state index is 5.37. The Hall–Kier alpha value is -1.98. The van der Waals surface area contributed by atoms with Gasteiger partial charge in [0, 0.05) is 30.2 Å². The van der Waals surface area contributed by atoms with Gasteiger partial charge in [0.25, 0.3) is 0 Å². The second-order valence-electron chi connectivity index (χ2n) is 5.43. The van der Waals surface area contributed by atoms with Crippen molar-refractivity contribution in [3.63, 3.8) is 0 Å². The molecule has 0 bridgehead atoms. The quantitative estimate of drug-likeness (QED) is 0.855. The molecule has 0 atom stereocenters. The summed E-state index contributed by atoms with van der Waals surface area (Å²) in [7, 11) is 0. The average Bonchev–Trinajstić information content (AvgIpc) is 2.50. The van der Waals surface area contributed by atoms with Crippen LogP contribution in [0.4, 0.5) is 5.69 Å². The maximum Gasteiger partial charge on any atom is 0.0598 e. The third kappa shape index (κ3) is 2.79. The molecule has 2 aromatic rings. The Labute approximate surface area is 120 Å². The lowest BCUT2D eigenvalue weighted by Crippen LogP contribution is -2.39. The van der Waals surface area contributed by atoms with Crippen LogP contribution in [0.5, 0.6) is 0 Å². The minimum atomic E-state index is 0.551. The van der Waals surface area contributed by atoms with E-state index in [0.717, 1.165) is 32.5 Å². The Kier molecular flexibility index (Phi) is 3.90. The molecule has 2 nitrogen and oxygen atoms in total. The van der Waals surface area contributed by atoms with Crippen molar-refractivity contribution >= 4 is 16.5 Å². The zero-order valence-corrected chi connectivity index (χ0v) is 11.7. The Morgan fingerprint density at radius 2 is 1.85 bits per heavy atom. The maximum atomic E-state index is 5.37. The molecule has 1 aliphatic rings. The van der Waals surface area contributed by atoms with Crippen molar-refractivity contribution in [1.82, 2.24) is 4.90 Å². The minimum absolute atomic E-state index is 0.551. The fourth-order valence-electron chi connectivity index (χ4n) is 2.94. The Balaban J connectivity index is 1.70. The lowest BCUT2D eigenvalue weighted by atomic mass is 10.0. The summed E-state index contributed by atoms with van der Waals surface area (Å²) in [5.74, 6) is 2.73. The zero-order chi connectivity index (χ0) is 13.8. The van der Waals surface area contributed by atoms with Crippen LogP contribution in [-0.4, -0.2) is 30.6 Å². The number of fused-ring (bicyclic) bond motifs is 1. The van der Waals surface area contributed by atoms with Gasteiger partial charge in [0.2, 0.25) is 0 Å². The molecule has 0 radical (unpaired) electrons. The molecule has 0 unspecified atom stereocenters. The van der Waals surface area contributed by atoms with E-state index in [2.05, 4.69) is 58.6 Å². The fourth-order valence-corrected chi connectivity index (χ4v) is 2.94. The Morgan fingerprint density at radius 3 is 2.65 bits per heavy atom. The summed E-state index contributed by atoms with van der Waals surface area (Å²) in [6, 6.07) is 15.5. The molecule has 1 aliphatic heterocycles. The summed E-state index contributed by atoms with van der Waals surface area (Å²) in [5, 5.41) is 6.31. The fraction of sp³-hybridized carbons (Fsp3) is 0.333. The van der Waals surface area contributed by atoms with E-state index in [1.807, 2.05) is 0 Å². The molecule has 20 heavy (non-hydrogen) atoms. The molecule has 1 fully saturated rings. The Bertz CT molecular complexity index is 613. The molecule has 102 valence electrons. The number of piperidine rings is 1. The van der Waals surface area contributed by atoms with Crippen LogP contribution in [0.25, 0.3) is 10.8 Å². The van der Waals surface area contributed by atoms with Gasteiger partial charge in [0.1, 0.15) is 0 Å². The van der Waals surface area contributed by atoms with E-state index in [1.165, 1.54) is 16.5 Å². The number of anilines is 1. The topological polar surface area (TPSA) is 15.3 Å². The van der Waals surface area contributed by atoms with Crippen molar-refractivity contribution in [1.29, 1.82) is 0 Å². The average molecular weight is 264 g/mol. The van der Waals surface area contributed by atoms with Crippen molar-refractivity contribution in [3.8, 4) is 12.3 Å². The molecule has 2 aromatic carbocycles. The first-order valence-corrected chi connectivity index (χ1v) is 7.27. The zero-order valence-electron chi connectivity index (χ0n) is 11.7. The molecule has 0 saturated carbocycles. The van der Waals surface area contributed by atoms with Crippen molar-refractivity contribution in [2.45, 2.75) is 18.9 Å². The first kappa shape index (κ1) is 13.0. The van der Waals surface area contributed by atoms with Gasteiger partial charge in [-0.1, -0.05) is 42.3 Å². The predicted molar refractivity (Wildman–Crippen MR) is 85.9 cm³/mol. The van der Waals surface area contributed by atoms with Crippen LogP contribution in [0.1, 0.15) is 12.8 Å². The lowest BCUT2D eigenvalue weighted by molar-refractivity contribution is 0.243. The summed E-state index contributed by atoms with van der Waals surface area (Å²) in [5.41, 5.74) is 1.25. The van der Waals surface area contributed by atoms with Crippen LogP contribution in [0, 0.1) is 12.3 Å². The lowest BCUT2D eigenvalue weighted by Gasteiger charge is -2.31. The van der Waals surface area contributed by atoms with E-state index in [9.17, 15) is 0 Å². The number of rotatable bonds is 3. The first-order chi connectivity index (χ1) is 9.86. The highest BCUT2D eigenvalue weighted by Gasteiger charge is 2.18. The number of nitrogens with zero attached hydrogens (tertiary/aromatic N) is 1. The monoisotopic (exact) mass is 264 g/mol. The second kappa shape index (κ2) is 5.98. The van der Waals surface area contributed by atoms with Crippen molar-refractivity contribution in [3.05, 3.63) is 42.5 Å². The standard InChI is InChI=1S/C18H20N2/c1-2-12-20-13-10-16(11-14-20)19-18-9-5-7-15-6-3-4-8-17(15)18/h1,3-9,16,19H,10-14H2. The van der Waals surface area contributed by atoms with Gasteiger partial charge < -0.3 is 5.32 Å². The van der Waals surface area contributed by atoms with Crippen LogP contribution >= 0.6 is 0 Å². The predicted octanol–water partition coefficient (Wildman–Crippen LogP) is 3.35. The molecule has 0 aliphatic carbocycles. The molecule has 1 heterocycles. The highest BCUT2D eigenvalue weighted by molar-refractivity contribution is 5.93. The summed E-state index contributed by atoms with van der Waals surface area (Å²) in [6.07, 6.45) is 7.69. The van der Waals surface area contributed by atoms with Gasteiger partial charge >= 0.3 is 0 Å². The van der Waals surface area contributed by atoms with E-state index in [4.69, 9.17) is 6.42 Å². The number of benzene rings is 2. The molecule has 1 N–H and O–H groups in total. The third-order valence-corrected chi connectivity index (χ3v) is 4.05. The van der Waals surface area contributed by atoms with Gasteiger partial charge in [-0.2, -0.15) is 0 Å². The number of terminal acetylenes is 1. The van der Waals surface area contributed by atoms with Gasteiger partial charge in [-0.25, -0.2) is 0 Å². The molecule has 0 aromatic heterocycles. The second-order valence-corrected chi connectivity index (χ2v) is 5.43. The number of hydrogen-bond acceptors (Lipinski definition) is 2. The normalized spacial score (nSPS) is 16.9. The molecule has 3 rings (SSSR count).